The number of hydrogen-bond acceptors (Lipinski definition) is 1. The van der Waals surface area contributed by atoms with Crippen LogP contribution in [0.2, 0.25) is 0 Å². The smallest absolute Gasteiger partial charge is 0.195 e. The summed E-state index contributed by atoms with van der Waals surface area (Å²) in [5.74, 6) is -0.0312. The van der Waals surface area contributed by atoms with E-state index in [1.54, 1.807) is 12.1 Å². The van der Waals surface area contributed by atoms with Crippen LogP contribution in [0.15, 0.2) is 54.3 Å². The van der Waals surface area contributed by atoms with Gasteiger partial charge in [0.2, 0.25) is 0 Å². The van der Waals surface area contributed by atoms with Crippen LogP contribution in [0, 0.1) is 0 Å². The van der Waals surface area contributed by atoms with Crippen molar-refractivity contribution in [2.45, 2.75) is 0 Å². The van der Waals surface area contributed by atoms with Crippen LogP contribution in [0.5, 0.6) is 0 Å². The molecule has 2 aromatic carbocycles. The first kappa shape index (κ1) is 14.4. The molecule has 0 aliphatic heterocycles. The van der Waals surface area contributed by atoms with Crippen LogP contribution in [-0.2, 0) is 0 Å². The van der Waals surface area contributed by atoms with Gasteiger partial charge in [0, 0.05) is 29.0 Å². The topological polar surface area (TPSA) is 17.1 Å². The highest BCUT2D eigenvalue weighted by Crippen LogP contribution is 2.32. The van der Waals surface area contributed by atoms with Crippen molar-refractivity contribution in [1.29, 1.82) is 0 Å². The minimum atomic E-state index is -0.0312. The van der Waals surface area contributed by atoms with E-state index in [1.807, 2.05) is 24.3 Å². The summed E-state index contributed by atoms with van der Waals surface area (Å²) in [5, 5.41) is 0. The first-order valence-electron chi connectivity index (χ1n) is 4.95. The molecule has 1 nitrogen and oxygen atoms in total. The van der Waals surface area contributed by atoms with Crippen molar-refractivity contribution in [3.8, 4) is 0 Å². The summed E-state index contributed by atoms with van der Waals surface area (Å²) in [7, 11) is 0. The standard InChI is InChI=1S/C13H6Br4O/c14-9-5-1-3-7(11(9)16)13(18)8-4-2-6-10(15)12(8)17/h1-6H. The number of carbonyl (C=O) groups excluding carboxylic acids is 1. The Morgan fingerprint density at radius 2 is 1.11 bits per heavy atom. The van der Waals surface area contributed by atoms with Crippen molar-refractivity contribution in [3.63, 3.8) is 0 Å². The first-order valence-corrected chi connectivity index (χ1v) is 8.12. The van der Waals surface area contributed by atoms with Gasteiger partial charge in [0.15, 0.2) is 5.78 Å². The Labute approximate surface area is 138 Å². The molecule has 0 aliphatic carbocycles. The zero-order valence-electron chi connectivity index (χ0n) is 8.88. The van der Waals surface area contributed by atoms with Gasteiger partial charge in [-0.3, -0.25) is 4.79 Å². The van der Waals surface area contributed by atoms with Crippen molar-refractivity contribution in [2.24, 2.45) is 0 Å². The van der Waals surface area contributed by atoms with E-state index in [0.717, 1.165) is 17.9 Å². The summed E-state index contributed by atoms with van der Waals surface area (Å²) in [6.45, 7) is 0. The van der Waals surface area contributed by atoms with Gasteiger partial charge >= 0.3 is 0 Å². The highest BCUT2D eigenvalue weighted by Gasteiger charge is 2.17. The second-order valence-electron chi connectivity index (χ2n) is 3.53. The van der Waals surface area contributed by atoms with E-state index in [9.17, 15) is 4.79 Å². The lowest BCUT2D eigenvalue weighted by Crippen LogP contribution is -2.03. The molecule has 0 aromatic heterocycles. The molecular formula is C13H6Br4O. The Bertz CT molecular complexity index is 569. The number of ketones is 1. The van der Waals surface area contributed by atoms with Crippen molar-refractivity contribution in [1.82, 2.24) is 0 Å². The molecule has 0 bridgehead atoms. The summed E-state index contributed by atoms with van der Waals surface area (Å²) in [5.41, 5.74) is 1.26. The monoisotopic (exact) mass is 494 g/mol. The number of halogens is 4. The molecule has 0 atom stereocenters. The summed E-state index contributed by atoms with van der Waals surface area (Å²) in [4.78, 5) is 12.5. The average molecular weight is 498 g/mol. The summed E-state index contributed by atoms with van der Waals surface area (Å²) >= 11 is 13.7. The Morgan fingerprint density at radius 1 is 0.722 bits per heavy atom. The Morgan fingerprint density at radius 3 is 1.50 bits per heavy atom. The van der Waals surface area contributed by atoms with Gasteiger partial charge in [-0.1, -0.05) is 12.1 Å². The lowest BCUT2D eigenvalue weighted by atomic mass is 10.0. The van der Waals surface area contributed by atoms with E-state index in [4.69, 9.17) is 0 Å². The SMILES string of the molecule is O=C(c1cccc(Br)c1Br)c1cccc(Br)c1Br. The van der Waals surface area contributed by atoms with E-state index < -0.39 is 0 Å². The maximum Gasteiger partial charge on any atom is 0.195 e. The number of benzene rings is 2. The minimum Gasteiger partial charge on any atom is -0.289 e. The van der Waals surface area contributed by atoms with Gasteiger partial charge < -0.3 is 0 Å². The molecule has 0 spiro atoms. The zero-order valence-corrected chi connectivity index (χ0v) is 15.2. The normalized spacial score (nSPS) is 10.4. The molecule has 0 radical (unpaired) electrons. The second kappa shape index (κ2) is 5.99. The molecule has 18 heavy (non-hydrogen) atoms. The van der Waals surface area contributed by atoms with Crippen LogP contribution in [0.3, 0.4) is 0 Å². The largest absolute Gasteiger partial charge is 0.289 e. The molecule has 0 fully saturated rings. The third-order valence-electron chi connectivity index (χ3n) is 2.39. The summed E-state index contributed by atoms with van der Waals surface area (Å²) < 4.78 is 3.25. The van der Waals surface area contributed by atoms with Gasteiger partial charge in [0.05, 0.1) is 0 Å². The van der Waals surface area contributed by atoms with Crippen LogP contribution in [-0.4, -0.2) is 5.78 Å². The Hall–Kier alpha value is 0.0300. The summed E-state index contributed by atoms with van der Waals surface area (Å²) in [6.07, 6.45) is 0. The predicted molar refractivity (Wildman–Crippen MR) is 87.1 cm³/mol. The maximum absolute atomic E-state index is 12.5. The van der Waals surface area contributed by atoms with Crippen LogP contribution >= 0.6 is 63.7 Å². The van der Waals surface area contributed by atoms with E-state index in [1.165, 1.54) is 0 Å². The maximum atomic E-state index is 12.5. The van der Waals surface area contributed by atoms with Crippen molar-refractivity contribution in [3.05, 3.63) is 65.4 Å². The molecule has 0 amide bonds. The van der Waals surface area contributed by atoms with Crippen LogP contribution in [0.25, 0.3) is 0 Å². The quantitative estimate of drug-likeness (QED) is 0.467. The van der Waals surface area contributed by atoms with Crippen molar-refractivity contribution >= 4 is 69.5 Å². The van der Waals surface area contributed by atoms with Gasteiger partial charge in [-0.25, -0.2) is 0 Å². The molecule has 0 N–H and O–H groups in total. The second-order valence-corrected chi connectivity index (χ2v) is 6.83. The van der Waals surface area contributed by atoms with Gasteiger partial charge in [0.25, 0.3) is 0 Å². The lowest BCUT2D eigenvalue weighted by Gasteiger charge is -2.08. The fourth-order valence-electron chi connectivity index (χ4n) is 1.50. The van der Waals surface area contributed by atoms with Gasteiger partial charge in [0.1, 0.15) is 0 Å². The fraction of sp³-hybridized carbons (Fsp3) is 0. The Balaban J connectivity index is 2.55. The lowest BCUT2D eigenvalue weighted by molar-refractivity contribution is 0.103. The van der Waals surface area contributed by atoms with E-state index in [2.05, 4.69) is 63.7 Å². The van der Waals surface area contributed by atoms with E-state index >= 15 is 0 Å². The van der Waals surface area contributed by atoms with Crippen LogP contribution < -0.4 is 0 Å². The molecular weight excluding hydrogens is 492 g/mol. The number of hydrogen-bond donors (Lipinski definition) is 0. The molecule has 5 heteroatoms. The van der Waals surface area contributed by atoms with Gasteiger partial charge in [-0.05, 0) is 88.0 Å². The predicted octanol–water partition coefficient (Wildman–Crippen LogP) is 5.97. The Kier molecular flexibility index (Phi) is 4.80. The minimum absolute atomic E-state index is 0.0312. The molecule has 2 rings (SSSR count). The average Bonchev–Trinajstić information content (AvgIpc) is 2.35. The molecule has 0 heterocycles. The molecule has 0 unspecified atom stereocenters. The van der Waals surface area contributed by atoms with E-state index in [0.29, 0.717) is 11.1 Å². The molecule has 0 saturated heterocycles. The summed E-state index contributed by atoms with van der Waals surface area (Å²) in [6, 6.07) is 11.0. The highest BCUT2D eigenvalue weighted by atomic mass is 79.9. The van der Waals surface area contributed by atoms with Crippen LogP contribution in [0.1, 0.15) is 15.9 Å². The third-order valence-corrected chi connectivity index (χ3v) is 6.49. The van der Waals surface area contributed by atoms with Gasteiger partial charge in [-0.2, -0.15) is 0 Å². The highest BCUT2D eigenvalue weighted by molar-refractivity contribution is 9.13. The molecule has 0 saturated carbocycles. The third kappa shape index (κ3) is 2.79. The molecule has 92 valence electrons. The van der Waals surface area contributed by atoms with Crippen LogP contribution in [0.4, 0.5) is 0 Å². The zero-order chi connectivity index (χ0) is 13.3. The first-order chi connectivity index (χ1) is 8.52. The van der Waals surface area contributed by atoms with E-state index in [-0.39, 0.29) is 5.78 Å². The van der Waals surface area contributed by atoms with Crippen molar-refractivity contribution < 1.29 is 4.79 Å². The van der Waals surface area contributed by atoms with Gasteiger partial charge in [-0.15, -0.1) is 0 Å². The molecule has 2 aromatic rings. The molecule has 0 aliphatic rings. The number of carbonyl (C=O) groups is 1. The van der Waals surface area contributed by atoms with Crippen molar-refractivity contribution in [2.75, 3.05) is 0 Å². The fourth-order valence-corrected chi connectivity index (χ4v) is 3.12. The number of rotatable bonds is 2.